The summed E-state index contributed by atoms with van der Waals surface area (Å²) in [7, 11) is 0. The van der Waals surface area contributed by atoms with E-state index in [1.54, 1.807) is 0 Å². The van der Waals surface area contributed by atoms with E-state index >= 15 is 0 Å². The summed E-state index contributed by atoms with van der Waals surface area (Å²) in [6.07, 6.45) is 1.50. The fourth-order valence-electron chi connectivity index (χ4n) is 2.18. The topological polar surface area (TPSA) is 67.1 Å². The number of hydrogen-bond acceptors (Lipinski definition) is 5. The van der Waals surface area contributed by atoms with Crippen LogP contribution in [0.15, 0.2) is 24.5 Å². The van der Waals surface area contributed by atoms with Gasteiger partial charge < -0.3 is 16.0 Å². The molecule has 96 valence electrons. The minimum atomic E-state index is 0. The quantitative estimate of drug-likeness (QED) is 0.807. The van der Waals surface area contributed by atoms with Crippen LogP contribution in [0.4, 0.5) is 11.5 Å². The summed E-state index contributed by atoms with van der Waals surface area (Å²) in [4.78, 5) is 10.6. The number of fused-ring (bicyclic) bond motifs is 1. The third-order valence-electron chi connectivity index (χ3n) is 3.13. The second-order valence-corrected chi connectivity index (χ2v) is 4.20. The van der Waals surface area contributed by atoms with Crippen LogP contribution in [0.1, 0.15) is 0 Å². The van der Waals surface area contributed by atoms with E-state index in [9.17, 15) is 0 Å². The SMILES string of the molecule is Cl.Nc1ncnc2ccc(N3CCNCC3)cc12. The summed E-state index contributed by atoms with van der Waals surface area (Å²) < 4.78 is 0. The van der Waals surface area contributed by atoms with Gasteiger partial charge >= 0.3 is 0 Å². The summed E-state index contributed by atoms with van der Waals surface area (Å²) in [5, 5.41) is 4.28. The molecule has 0 saturated carbocycles. The van der Waals surface area contributed by atoms with Crippen molar-refractivity contribution in [2.24, 2.45) is 0 Å². The number of nitrogens with one attached hydrogen (secondary N) is 1. The number of rotatable bonds is 1. The first-order valence-corrected chi connectivity index (χ1v) is 5.80. The average Bonchev–Trinajstić information content (AvgIpc) is 2.40. The summed E-state index contributed by atoms with van der Waals surface area (Å²) in [6.45, 7) is 4.11. The van der Waals surface area contributed by atoms with Crippen LogP contribution in [0.3, 0.4) is 0 Å². The Labute approximate surface area is 112 Å². The Kier molecular flexibility index (Phi) is 3.84. The fraction of sp³-hybridized carbons (Fsp3) is 0.333. The third kappa shape index (κ3) is 2.32. The summed E-state index contributed by atoms with van der Waals surface area (Å²) >= 11 is 0. The standard InChI is InChI=1S/C12H15N5.ClH/c13-12-10-7-9(17-5-3-14-4-6-17)1-2-11(10)15-8-16-12;/h1-2,7-8,14H,3-6H2,(H2,13,15,16);1H. The number of nitrogen functional groups attached to an aromatic ring is 1. The normalized spacial score (nSPS) is 15.4. The number of nitrogens with two attached hydrogens (primary N) is 1. The Morgan fingerprint density at radius 2 is 1.94 bits per heavy atom. The van der Waals surface area contributed by atoms with Crippen LogP contribution in [0, 0.1) is 0 Å². The van der Waals surface area contributed by atoms with E-state index in [-0.39, 0.29) is 12.4 Å². The second kappa shape index (κ2) is 5.37. The molecule has 1 saturated heterocycles. The molecule has 3 N–H and O–H groups in total. The smallest absolute Gasteiger partial charge is 0.134 e. The highest BCUT2D eigenvalue weighted by atomic mass is 35.5. The Morgan fingerprint density at radius 1 is 1.17 bits per heavy atom. The Hall–Kier alpha value is -1.59. The molecule has 18 heavy (non-hydrogen) atoms. The van der Waals surface area contributed by atoms with Crippen LogP contribution < -0.4 is 16.0 Å². The molecule has 1 aromatic carbocycles. The van der Waals surface area contributed by atoms with E-state index in [0.717, 1.165) is 37.1 Å². The first-order chi connectivity index (χ1) is 8.34. The van der Waals surface area contributed by atoms with Crippen molar-refractivity contribution in [3.05, 3.63) is 24.5 Å². The fourth-order valence-corrected chi connectivity index (χ4v) is 2.18. The molecule has 1 aliphatic rings. The molecule has 0 atom stereocenters. The van der Waals surface area contributed by atoms with Crippen molar-refractivity contribution >= 4 is 34.8 Å². The van der Waals surface area contributed by atoms with Crippen molar-refractivity contribution in [1.82, 2.24) is 15.3 Å². The molecular formula is C12H16ClN5. The molecule has 0 bridgehead atoms. The summed E-state index contributed by atoms with van der Waals surface area (Å²) in [5.41, 5.74) is 7.97. The molecule has 2 heterocycles. The number of nitrogens with zero attached hydrogens (tertiary/aromatic N) is 3. The number of anilines is 2. The van der Waals surface area contributed by atoms with Gasteiger partial charge in [0.25, 0.3) is 0 Å². The number of piperazine rings is 1. The molecule has 1 aliphatic heterocycles. The van der Waals surface area contributed by atoms with Crippen LogP contribution in [0.25, 0.3) is 10.9 Å². The average molecular weight is 266 g/mol. The minimum Gasteiger partial charge on any atom is -0.383 e. The number of benzene rings is 1. The molecule has 6 heteroatoms. The highest BCUT2D eigenvalue weighted by molar-refractivity contribution is 5.90. The molecule has 0 radical (unpaired) electrons. The monoisotopic (exact) mass is 265 g/mol. The van der Waals surface area contributed by atoms with Crippen molar-refractivity contribution in [3.8, 4) is 0 Å². The molecule has 2 aromatic rings. The molecule has 1 fully saturated rings. The van der Waals surface area contributed by atoms with Crippen molar-refractivity contribution < 1.29 is 0 Å². The maximum atomic E-state index is 5.87. The Balaban J connectivity index is 0.00000120. The molecule has 5 nitrogen and oxygen atoms in total. The predicted molar refractivity (Wildman–Crippen MR) is 76.3 cm³/mol. The van der Waals surface area contributed by atoms with Crippen LogP contribution in [-0.2, 0) is 0 Å². The largest absolute Gasteiger partial charge is 0.383 e. The van der Waals surface area contributed by atoms with Gasteiger partial charge in [0.15, 0.2) is 0 Å². The van der Waals surface area contributed by atoms with Gasteiger partial charge in [-0.25, -0.2) is 9.97 Å². The first-order valence-electron chi connectivity index (χ1n) is 5.80. The van der Waals surface area contributed by atoms with E-state index in [1.165, 1.54) is 12.0 Å². The molecular weight excluding hydrogens is 250 g/mol. The second-order valence-electron chi connectivity index (χ2n) is 4.20. The molecule has 0 unspecified atom stereocenters. The summed E-state index contributed by atoms with van der Waals surface area (Å²) in [5.74, 6) is 0.548. The highest BCUT2D eigenvalue weighted by Gasteiger charge is 2.11. The zero-order valence-corrected chi connectivity index (χ0v) is 10.8. The minimum absolute atomic E-state index is 0. The highest BCUT2D eigenvalue weighted by Crippen LogP contribution is 2.23. The summed E-state index contributed by atoms with van der Waals surface area (Å²) in [6, 6.07) is 6.18. The van der Waals surface area contributed by atoms with Gasteiger partial charge in [-0.2, -0.15) is 0 Å². The van der Waals surface area contributed by atoms with Crippen LogP contribution in [-0.4, -0.2) is 36.1 Å². The lowest BCUT2D eigenvalue weighted by Gasteiger charge is -2.29. The Morgan fingerprint density at radius 3 is 2.72 bits per heavy atom. The lowest BCUT2D eigenvalue weighted by Crippen LogP contribution is -2.43. The van der Waals surface area contributed by atoms with Crippen LogP contribution in [0.2, 0.25) is 0 Å². The van der Waals surface area contributed by atoms with E-state index in [4.69, 9.17) is 5.73 Å². The lowest BCUT2D eigenvalue weighted by atomic mass is 10.2. The Bertz CT molecular complexity index is 539. The zero-order chi connectivity index (χ0) is 11.7. The van der Waals surface area contributed by atoms with Gasteiger partial charge in [0.1, 0.15) is 12.1 Å². The van der Waals surface area contributed by atoms with Gasteiger partial charge in [-0.15, -0.1) is 12.4 Å². The maximum absolute atomic E-state index is 5.87. The van der Waals surface area contributed by atoms with Crippen LogP contribution in [0.5, 0.6) is 0 Å². The number of halogens is 1. The van der Waals surface area contributed by atoms with Crippen molar-refractivity contribution in [2.75, 3.05) is 36.8 Å². The number of aromatic nitrogens is 2. The predicted octanol–water partition coefficient (Wildman–Crippen LogP) is 1.04. The van der Waals surface area contributed by atoms with Gasteiger partial charge in [-0.05, 0) is 18.2 Å². The molecule has 3 rings (SSSR count). The zero-order valence-electron chi connectivity index (χ0n) is 9.97. The molecule has 0 spiro atoms. The van der Waals surface area contributed by atoms with E-state index < -0.39 is 0 Å². The van der Waals surface area contributed by atoms with Crippen molar-refractivity contribution in [2.45, 2.75) is 0 Å². The number of hydrogen-bond donors (Lipinski definition) is 2. The molecule has 0 amide bonds. The maximum Gasteiger partial charge on any atom is 0.134 e. The van der Waals surface area contributed by atoms with E-state index in [1.807, 2.05) is 6.07 Å². The molecule has 1 aromatic heterocycles. The van der Waals surface area contributed by atoms with Gasteiger partial charge in [-0.3, -0.25) is 0 Å². The first kappa shape index (κ1) is 12.9. The lowest BCUT2D eigenvalue weighted by molar-refractivity contribution is 0.589. The van der Waals surface area contributed by atoms with Crippen LogP contribution >= 0.6 is 12.4 Å². The van der Waals surface area contributed by atoms with Crippen molar-refractivity contribution in [3.63, 3.8) is 0 Å². The molecule has 0 aliphatic carbocycles. The van der Waals surface area contributed by atoms with Crippen molar-refractivity contribution in [1.29, 1.82) is 0 Å². The van der Waals surface area contributed by atoms with Gasteiger partial charge in [0.05, 0.1) is 5.52 Å². The van der Waals surface area contributed by atoms with Gasteiger partial charge in [0.2, 0.25) is 0 Å². The van der Waals surface area contributed by atoms with Gasteiger partial charge in [-0.1, -0.05) is 0 Å². The van der Waals surface area contributed by atoms with E-state index in [2.05, 4.69) is 32.3 Å². The van der Waals surface area contributed by atoms with E-state index in [0.29, 0.717) is 5.82 Å². The van der Waals surface area contributed by atoms with Gasteiger partial charge in [0, 0.05) is 37.3 Å². The third-order valence-corrected chi connectivity index (χ3v) is 3.13.